The van der Waals surface area contributed by atoms with Crippen LogP contribution in [0.3, 0.4) is 0 Å². The van der Waals surface area contributed by atoms with Gasteiger partial charge in [-0.2, -0.15) is 0 Å². The molecule has 0 atom stereocenters. The molecule has 0 bridgehead atoms. The van der Waals surface area contributed by atoms with E-state index in [9.17, 15) is 9.59 Å². The Hall–Kier alpha value is -3.04. The number of piperidine rings is 1. The number of methoxy groups -OCH3 is 2. The Balaban J connectivity index is 1.16. The highest BCUT2D eigenvalue weighted by molar-refractivity contribution is 5.72. The van der Waals surface area contributed by atoms with E-state index >= 15 is 0 Å². The normalized spacial score (nSPS) is 20.0. The van der Waals surface area contributed by atoms with Crippen LogP contribution >= 0.6 is 0 Å². The van der Waals surface area contributed by atoms with Gasteiger partial charge in [0.25, 0.3) is 5.56 Å². The molecule has 0 unspecified atom stereocenters. The van der Waals surface area contributed by atoms with Crippen LogP contribution in [0.5, 0.6) is 11.5 Å². The second-order valence-electron chi connectivity index (χ2n) is 14.6. The van der Waals surface area contributed by atoms with Gasteiger partial charge in [-0.25, -0.2) is 4.79 Å². The number of carbonyl (C=O) groups excluding carboxylic acids is 1. The maximum Gasteiger partial charge on any atom is 0.410 e. The molecular weight excluding hydrogens is 568 g/mol. The summed E-state index contributed by atoms with van der Waals surface area (Å²) in [5, 5.41) is 0. The fourth-order valence-electron chi connectivity index (χ4n) is 7.64. The Morgan fingerprint density at radius 1 is 0.889 bits per heavy atom. The van der Waals surface area contributed by atoms with Crippen LogP contribution in [0, 0.1) is 19.3 Å². The maximum atomic E-state index is 12.5. The number of piperazine rings is 1. The lowest BCUT2D eigenvalue weighted by Gasteiger charge is -2.49. The average Bonchev–Trinajstić information content (AvgIpc) is 3.02. The zero-order valence-corrected chi connectivity index (χ0v) is 28.8. The van der Waals surface area contributed by atoms with Crippen molar-refractivity contribution in [1.82, 2.24) is 19.3 Å². The average molecular weight is 623 g/mol. The van der Waals surface area contributed by atoms with E-state index in [1.54, 1.807) is 25.8 Å². The van der Waals surface area contributed by atoms with Crippen molar-refractivity contribution in [2.45, 2.75) is 91.3 Å². The van der Waals surface area contributed by atoms with Crippen LogP contribution < -0.4 is 15.0 Å². The number of ether oxygens (including phenoxy) is 3. The number of benzene rings is 1. The van der Waals surface area contributed by atoms with E-state index < -0.39 is 5.60 Å². The van der Waals surface area contributed by atoms with Gasteiger partial charge < -0.3 is 23.7 Å². The van der Waals surface area contributed by atoms with E-state index in [0.29, 0.717) is 11.5 Å². The summed E-state index contributed by atoms with van der Waals surface area (Å²) in [6, 6.07) is 4.81. The van der Waals surface area contributed by atoms with Crippen molar-refractivity contribution in [3.63, 3.8) is 0 Å². The van der Waals surface area contributed by atoms with Gasteiger partial charge in [0.15, 0.2) is 0 Å². The molecule has 5 rings (SSSR count). The summed E-state index contributed by atoms with van der Waals surface area (Å²) in [4.78, 5) is 32.1. The molecule has 2 aliphatic heterocycles. The quantitative estimate of drug-likeness (QED) is 0.405. The second kappa shape index (κ2) is 13.4. The minimum absolute atomic E-state index is 0.0271. The van der Waals surface area contributed by atoms with E-state index in [2.05, 4.69) is 21.9 Å². The highest BCUT2D eigenvalue weighted by atomic mass is 16.6. The van der Waals surface area contributed by atoms with Gasteiger partial charge in [0.05, 0.1) is 19.8 Å². The molecular formula is C36H54N4O5. The first-order valence-electron chi connectivity index (χ1n) is 16.7. The molecule has 3 aliphatic rings. The number of hydrogen-bond donors (Lipinski definition) is 0. The third-order valence-corrected chi connectivity index (χ3v) is 10.6. The Kier molecular flexibility index (Phi) is 9.90. The van der Waals surface area contributed by atoms with Crippen LogP contribution in [-0.2, 0) is 18.3 Å². The van der Waals surface area contributed by atoms with Crippen molar-refractivity contribution in [2.24, 2.45) is 12.5 Å². The molecule has 1 spiro atoms. The summed E-state index contributed by atoms with van der Waals surface area (Å²) in [5.74, 6) is 1.63. The number of rotatable bonds is 6. The van der Waals surface area contributed by atoms with E-state index in [0.717, 1.165) is 98.0 Å². The van der Waals surface area contributed by atoms with Crippen LogP contribution in [0.25, 0.3) is 11.1 Å². The van der Waals surface area contributed by atoms with Crippen LogP contribution in [0.1, 0.15) is 76.0 Å². The minimum Gasteiger partial charge on any atom is -0.496 e. The summed E-state index contributed by atoms with van der Waals surface area (Å²) in [7, 11) is 5.23. The smallest absolute Gasteiger partial charge is 0.410 e. The third-order valence-electron chi connectivity index (χ3n) is 10.6. The first-order chi connectivity index (χ1) is 21.3. The molecule has 248 valence electrons. The number of amides is 1. The van der Waals surface area contributed by atoms with Crippen molar-refractivity contribution >= 4 is 6.09 Å². The van der Waals surface area contributed by atoms with Gasteiger partial charge in [-0.05, 0) is 102 Å². The zero-order valence-electron chi connectivity index (χ0n) is 28.8. The van der Waals surface area contributed by atoms with Crippen molar-refractivity contribution in [1.29, 1.82) is 0 Å². The number of hydrogen-bond acceptors (Lipinski definition) is 7. The molecule has 0 radical (unpaired) electrons. The van der Waals surface area contributed by atoms with Crippen LogP contribution in [-0.4, -0.2) is 90.5 Å². The van der Waals surface area contributed by atoms with E-state index in [4.69, 9.17) is 14.2 Å². The molecule has 1 aromatic carbocycles. The standard InChI is InChI=1S/C36H54N4O5/c1-25-26(2)33(41)37(6)23-29(25)27-21-31(43-7)30(32(22-27)44-8)24-38-17-19-39(20-18-38)28-9-11-36(12-10-28)13-15-40(16-14-36)34(42)45-35(3,4)5/h21-23,28H,9-20,24H2,1-8H3. The Morgan fingerprint density at radius 3 is 2.00 bits per heavy atom. The molecule has 1 amide bonds. The highest BCUT2D eigenvalue weighted by Crippen LogP contribution is 2.46. The lowest BCUT2D eigenvalue weighted by molar-refractivity contribution is -0.00661. The van der Waals surface area contributed by atoms with Crippen molar-refractivity contribution < 1.29 is 19.0 Å². The molecule has 3 heterocycles. The van der Waals surface area contributed by atoms with Gasteiger partial charge >= 0.3 is 6.09 Å². The van der Waals surface area contributed by atoms with Crippen LogP contribution in [0.15, 0.2) is 23.1 Å². The van der Waals surface area contributed by atoms with Crippen molar-refractivity contribution in [2.75, 3.05) is 53.5 Å². The first kappa shape index (κ1) is 33.3. The monoisotopic (exact) mass is 622 g/mol. The molecule has 45 heavy (non-hydrogen) atoms. The SMILES string of the molecule is COc1cc(-c2cn(C)c(=O)c(C)c2C)cc(OC)c1CN1CCN(C2CCC3(CC2)CCN(C(=O)OC(C)(C)C)CC3)CC1. The van der Waals surface area contributed by atoms with Crippen molar-refractivity contribution in [3.05, 3.63) is 45.4 Å². The summed E-state index contributed by atoms with van der Waals surface area (Å²) >= 11 is 0. The van der Waals surface area contributed by atoms with Crippen LogP contribution in [0.4, 0.5) is 4.79 Å². The van der Waals surface area contributed by atoms with Gasteiger partial charge in [-0.1, -0.05) is 0 Å². The lowest BCUT2D eigenvalue weighted by atomic mass is 9.66. The summed E-state index contributed by atoms with van der Waals surface area (Å²) in [6.07, 6.45) is 8.94. The molecule has 9 heteroatoms. The Bertz CT molecular complexity index is 1390. The molecule has 2 saturated heterocycles. The van der Waals surface area contributed by atoms with Gasteiger partial charge in [-0.3, -0.25) is 14.6 Å². The van der Waals surface area contributed by atoms with Crippen molar-refractivity contribution in [3.8, 4) is 22.6 Å². The fourth-order valence-corrected chi connectivity index (χ4v) is 7.64. The third kappa shape index (κ3) is 7.35. The number of pyridine rings is 1. The van der Waals surface area contributed by atoms with Gasteiger partial charge in [0.2, 0.25) is 0 Å². The zero-order chi connectivity index (χ0) is 32.5. The Labute approximate surface area is 269 Å². The molecule has 0 N–H and O–H groups in total. The topological polar surface area (TPSA) is 76.5 Å². The minimum atomic E-state index is -0.443. The second-order valence-corrected chi connectivity index (χ2v) is 14.6. The van der Waals surface area contributed by atoms with E-state index in [1.807, 2.05) is 45.7 Å². The molecule has 1 aromatic heterocycles. The van der Waals surface area contributed by atoms with Gasteiger partial charge in [0.1, 0.15) is 17.1 Å². The summed E-state index contributed by atoms with van der Waals surface area (Å²) in [6.45, 7) is 16.3. The number of likely N-dealkylation sites (tertiary alicyclic amines) is 1. The number of nitrogens with zero attached hydrogens (tertiary/aromatic N) is 4. The van der Waals surface area contributed by atoms with Gasteiger partial charge in [-0.15, -0.1) is 0 Å². The van der Waals surface area contributed by atoms with Gasteiger partial charge in [0, 0.05) is 76.2 Å². The van der Waals surface area contributed by atoms with Crippen LogP contribution in [0.2, 0.25) is 0 Å². The predicted molar refractivity (Wildman–Crippen MR) is 178 cm³/mol. The number of carbonyl (C=O) groups is 1. The number of aryl methyl sites for hydroxylation is 1. The first-order valence-corrected chi connectivity index (χ1v) is 16.7. The molecule has 1 aliphatic carbocycles. The lowest BCUT2D eigenvalue weighted by Crippen LogP contribution is -2.52. The Morgan fingerprint density at radius 2 is 1.47 bits per heavy atom. The molecule has 3 fully saturated rings. The largest absolute Gasteiger partial charge is 0.496 e. The van der Waals surface area contributed by atoms with E-state index in [-0.39, 0.29) is 11.7 Å². The summed E-state index contributed by atoms with van der Waals surface area (Å²) in [5.41, 5.74) is 4.77. The number of aromatic nitrogens is 1. The molecule has 2 aromatic rings. The molecule has 1 saturated carbocycles. The highest BCUT2D eigenvalue weighted by Gasteiger charge is 2.41. The van der Waals surface area contributed by atoms with E-state index in [1.165, 1.54) is 25.7 Å². The maximum absolute atomic E-state index is 12.5. The summed E-state index contributed by atoms with van der Waals surface area (Å²) < 4.78 is 19.1. The fraction of sp³-hybridized carbons (Fsp3) is 0.667. The predicted octanol–water partition coefficient (Wildman–Crippen LogP) is 5.76. The molecule has 9 nitrogen and oxygen atoms in total.